The Morgan fingerprint density at radius 1 is 0.968 bits per heavy atom. The molecule has 29 heteroatoms. The SMILES string of the molecule is CCCCCC(O)CCCCCC(=O)SCCNC(=O)CCNC(=O)[C@H](O)C(C)(C)COP(=O)([O-])OP(=O)([O-])OC[C@H]1O[C@@H](n2cnc3c(N)ncnc32)[C@H](O)[C@@H]1OP(=O)([O-])[O-]. The zero-order valence-corrected chi connectivity index (χ0v) is 37.8. The standard InChI is InChI=1S/C33H58N7O18P3S/c1-4-5-7-10-21(41)11-8-6-9-12-24(43)62-16-15-35-23(42)13-14-36-31(46)28(45)33(2,3)18-55-61(52,53)58-60(50,51)54-17-22-27(57-59(47,48)49)26(44)32(56-22)40-20-39-25-29(34)37-19-38-30(25)40/h19-22,26-28,32,41,44-45H,4-18H2,1-3H3,(H,35,42)(H,36,46)(H,50,51)(H,52,53)(H2,34,37,38)(H2,47,48,49)/p-4/t21?,22-,26-,27-,28+,32-/m1/s1. The van der Waals surface area contributed by atoms with Crippen LogP contribution < -0.4 is 35.9 Å². The predicted octanol–water partition coefficient (Wildman–Crippen LogP) is -0.972. The number of amides is 2. The van der Waals surface area contributed by atoms with Crippen molar-refractivity contribution in [3.63, 3.8) is 0 Å². The predicted molar refractivity (Wildman–Crippen MR) is 211 cm³/mol. The van der Waals surface area contributed by atoms with Crippen LogP contribution in [0.1, 0.15) is 91.2 Å². The van der Waals surface area contributed by atoms with Gasteiger partial charge >= 0.3 is 0 Å². The maximum Gasteiger partial charge on any atom is 0.274 e. The summed E-state index contributed by atoms with van der Waals surface area (Å²) >= 11 is 1.09. The number of aromatic nitrogens is 4. The molecule has 1 saturated heterocycles. The fraction of sp³-hybridized carbons (Fsp3) is 0.758. The molecule has 3 rings (SSSR count). The minimum absolute atomic E-state index is 0.0108. The van der Waals surface area contributed by atoms with Crippen LogP contribution in [0, 0.1) is 5.41 Å². The maximum atomic E-state index is 12.6. The van der Waals surface area contributed by atoms with E-state index in [1.165, 1.54) is 13.8 Å². The van der Waals surface area contributed by atoms with Crippen LogP contribution in [0.3, 0.4) is 0 Å². The number of nitrogens with two attached hydrogens (primary N) is 1. The first-order valence-corrected chi connectivity index (χ1v) is 25.0. The van der Waals surface area contributed by atoms with Crippen molar-refractivity contribution in [1.29, 1.82) is 0 Å². The molecule has 1 aliphatic heterocycles. The van der Waals surface area contributed by atoms with Gasteiger partial charge in [-0.15, -0.1) is 0 Å². The highest BCUT2D eigenvalue weighted by Gasteiger charge is 2.47. The number of thioether (sulfide) groups is 1. The Morgan fingerprint density at radius 3 is 2.32 bits per heavy atom. The van der Waals surface area contributed by atoms with Crippen LogP contribution in [0.15, 0.2) is 12.7 Å². The number of aliphatic hydroxyl groups excluding tert-OH is 3. The van der Waals surface area contributed by atoms with Crippen molar-refractivity contribution >= 4 is 69.1 Å². The molecule has 0 spiro atoms. The van der Waals surface area contributed by atoms with Gasteiger partial charge in [0.25, 0.3) is 15.6 Å². The number of imidazole rings is 1. The smallest absolute Gasteiger partial charge is 0.274 e. The summed E-state index contributed by atoms with van der Waals surface area (Å²) in [5.74, 6) is -1.22. The Labute approximate surface area is 361 Å². The Balaban J connectivity index is 1.38. The highest BCUT2D eigenvalue weighted by molar-refractivity contribution is 8.13. The third kappa shape index (κ3) is 18.2. The van der Waals surface area contributed by atoms with Crippen molar-refractivity contribution in [2.24, 2.45) is 5.41 Å². The largest absolute Gasteiger partial charge is 0.790 e. The number of phosphoric acid groups is 3. The quantitative estimate of drug-likeness (QED) is 0.0422. The summed E-state index contributed by atoms with van der Waals surface area (Å²) in [4.78, 5) is 96.5. The lowest BCUT2D eigenvalue weighted by Crippen LogP contribution is -2.46. The summed E-state index contributed by atoms with van der Waals surface area (Å²) in [7, 11) is -17.6. The lowest BCUT2D eigenvalue weighted by atomic mass is 9.87. The molecular weight excluding hydrogens is 907 g/mol. The van der Waals surface area contributed by atoms with Crippen LogP contribution in [-0.2, 0) is 50.7 Å². The second-order valence-corrected chi connectivity index (χ2v) is 20.2. The molecule has 1 aliphatic rings. The van der Waals surface area contributed by atoms with E-state index in [2.05, 4.69) is 50.4 Å². The Morgan fingerprint density at radius 2 is 1.65 bits per heavy atom. The second kappa shape index (κ2) is 24.7. The first-order chi connectivity index (χ1) is 28.9. The van der Waals surface area contributed by atoms with Crippen LogP contribution >= 0.6 is 35.2 Å². The third-order valence-electron chi connectivity index (χ3n) is 9.30. The lowest BCUT2D eigenvalue weighted by Gasteiger charge is -2.36. The van der Waals surface area contributed by atoms with Gasteiger partial charge in [0.2, 0.25) is 11.8 Å². The average molecular weight is 962 g/mol. The molecule has 8 atom stereocenters. The van der Waals surface area contributed by atoms with Crippen molar-refractivity contribution in [1.82, 2.24) is 30.2 Å². The molecule has 2 aromatic rings. The van der Waals surface area contributed by atoms with Crippen molar-refractivity contribution in [2.75, 3.05) is 37.8 Å². The number of anilines is 1. The number of aliphatic hydroxyl groups is 3. The van der Waals surface area contributed by atoms with E-state index in [1.54, 1.807) is 0 Å². The molecule has 2 aromatic heterocycles. The highest BCUT2D eigenvalue weighted by Crippen LogP contribution is 2.56. The van der Waals surface area contributed by atoms with E-state index in [4.69, 9.17) is 10.5 Å². The van der Waals surface area contributed by atoms with E-state index in [0.717, 1.165) is 73.9 Å². The summed E-state index contributed by atoms with van der Waals surface area (Å²) in [6.45, 7) is 2.19. The first kappa shape index (κ1) is 53.9. The Hall–Kier alpha value is -2.48. The number of carbonyl (C=O) groups is 3. The zero-order chi connectivity index (χ0) is 46.3. The fourth-order valence-corrected chi connectivity index (χ4v) is 9.40. The van der Waals surface area contributed by atoms with Gasteiger partial charge in [-0.25, -0.2) is 19.3 Å². The average Bonchev–Trinajstić information content (AvgIpc) is 3.74. The number of nitrogens with one attached hydrogen (secondary N) is 2. The summed E-state index contributed by atoms with van der Waals surface area (Å²) in [5, 5.41) is 36.3. The highest BCUT2D eigenvalue weighted by atomic mass is 32.2. The minimum Gasteiger partial charge on any atom is -0.790 e. The molecule has 0 bridgehead atoms. The molecule has 25 nitrogen and oxygen atoms in total. The number of hydrogen-bond acceptors (Lipinski definition) is 23. The second-order valence-electron chi connectivity index (χ2n) is 15.0. The van der Waals surface area contributed by atoms with Gasteiger partial charge in [-0.2, -0.15) is 0 Å². The monoisotopic (exact) mass is 961 g/mol. The number of fused-ring (bicyclic) bond motifs is 1. The number of carbonyl (C=O) groups excluding carboxylic acids is 3. The molecule has 3 heterocycles. The molecule has 2 amide bonds. The number of nitrogens with zero attached hydrogens (tertiary/aromatic N) is 4. The molecular formula is C33H54N7O18P3S-4. The van der Waals surface area contributed by atoms with Gasteiger partial charge in [0.15, 0.2) is 22.8 Å². The number of unbranched alkanes of at least 4 members (excludes halogenated alkanes) is 4. The maximum absolute atomic E-state index is 12.6. The van der Waals surface area contributed by atoms with Crippen LogP contribution in [0.25, 0.3) is 11.2 Å². The molecule has 3 unspecified atom stereocenters. The third-order valence-corrected chi connectivity index (χ3v) is 13.2. The molecule has 0 saturated carbocycles. The van der Waals surface area contributed by atoms with Gasteiger partial charge in [0, 0.05) is 37.1 Å². The van der Waals surface area contributed by atoms with E-state index < -0.39 is 84.6 Å². The van der Waals surface area contributed by atoms with Crippen molar-refractivity contribution in [3.05, 3.63) is 12.7 Å². The van der Waals surface area contributed by atoms with E-state index >= 15 is 0 Å². The molecule has 62 heavy (non-hydrogen) atoms. The van der Waals surface area contributed by atoms with Crippen molar-refractivity contribution in [2.45, 2.75) is 122 Å². The molecule has 0 radical (unpaired) electrons. The molecule has 1 fully saturated rings. The lowest BCUT2D eigenvalue weighted by molar-refractivity contribution is -0.347. The molecule has 0 aromatic carbocycles. The first-order valence-electron chi connectivity index (χ1n) is 19.6. The Kier molecular flexibility index (Phi) is 21.5. The van der Waals surface area contributed by atoms with Crippen LogP contribution in [-0.4, -0.2) is 114 Å². The number of ether oxygens (including phenoxy) is 1. The minimum atomic E-state index is -5.92. The van der Waals surface area contributed by atoms with Gasteiger partial charge in [0.05, 0.1) is 33.5 Å². The summed E-state index contributed by atoms with van der Waals surface area (Å²) in [5.41, 5.74) is 4.07. The van der Waals surface area contributed by atoms with Crippen molar-refractivity contribution < 1.29 is 85.6 Å². The van der Waals surface area contributed by atoms with Crippen LogP contribution in [0.2, 0.25) is 0 Å². The normalized spacial score (nSPS) is 21.3. The fourth-order valence-electron chi connectivity index (χ4n) is 5.94. The Bertz CT molecular complexity index is 1920. The van der Waals surface area contributed by atoms with E-state index in [0.29, 0.717) is 18.6 Å². The molecule has 7 N–H and O–H groups in total. The van der Waals surface area contributed by atoms with Gasteiger partial charge in [-0.05, 0) is 19.3 Å². The number of nitrogen functional groups attached to an aromatic ring is 1. The number of hydrogen-bond donors (Lipinski definition) is 6. The van der Waals surface area contributed by atoms with Gasteiger partial charge in [0.1, 0.15) is 36.3 Å². The van der Waals surface area contributed by atoms with Crippen LogP contribution in [0.5, 0.6) is 0 Å². The number of phosphoric ester groups is 3. The summed E-state index contributed by atoms with van der Waals surface area (Å²) < 4.78 is 60.7. The summed E-state index contributed by atoms with van der Waals surface area (Å²) in [6, 6.07) is 0. The van der Waals surface area contributed by atoms with Gasteiger partial charge < -0.3 is 74.1 Å². The van der Waals surface area contributed by atoms with E-state index in [-0.39, 0.29) is 47.7 Å². The van der Waals surface area contributed by atoms with E-state index in [1.807, 2.05) is 0 Å². The van der Waals surface area contributed by atoms with E-state index in [9.17, 15) is 63.0 Å². The topological polar surface area (TPSA) is 395 Å². The van der Waals surface area contributed by atoms with Gasteiger partial charge in [-0.1, -0.05) is 64.6 Å². The molecule has 0 aliphatic carbocycles. The zero-order valence-electron chi connectivity index (χ0n) is 34.3. The summed E-state index contributed by atoms with van der Waals surface area (Å²) in [6.07, 6.45) is -0.417. The van der Waals surface area contributed by atoms with Crippen LogP contribution in [0.4, 0.5) is 5.82 Å². The number of rotatable bonds is 29. The van der Waals surface area contributed by atoms with Crippen molar-refractivity contribution in [3.8, 4) is 0 Å². The molecule has 354 valence electrons. The van der Waals surface area contributed by atoms with Gasteiger partial charge in [-0.3, -0.25) is 28.1 Å².